The summed E-state index contributed by atoms with van der Waals surface area (Å²) in [4.78, 5) is 0. The average molecular weight is 651 g/mol. The average Bonchev–Trinajstić information content (AvgIpc) is 3.14. The summed E-state index contributed by atoms with van der Waals surface area (Å²) in [5.41, 5.74) is 4.56. The van der Waals surface area contributed by atoms with Crippen LogP contribution in [0.3, 0.4) is 0 Å². The van der Waals surface area contributed by atoms with Gasteiger partial charge in [-0.3, -0.25) is 0 Å². The number of nitrogens with one attached hydrogen (secondary N) is 2. The van der Waals surface area contributed by atoms with Gasteiger partial charge < -0.3 is 10.6 Å². The Bertz CT molecular complexity index is 2190. The van der Waals surface area contributed by atoms with E-state index in [0.717, 1.165) is 22.7 Å². The van der Waals surface area contributed by atoms with Crippen molar-refractivity contribution in [3.05, 3.63) is 182 Å². The highest BCUT2D eigenvalue weighted by molar-refractivity contribution is 7.81. The Morgan fingerprint density at radius 3 is 0.917 bits per heavy atom. The number of fused-ring (bicyclic) bond motifs is 6. The van der Waals surface area contributed by atoms with Crippen LogP contribution in [-0.2, 0) is 0 Å². The summed E-state index contributed by atoms with van der Waals surface area (Å²) < 4.78 is 0. The predicted octanol–water partition coefficient (Wildman–Crippen LogP) is 9.31. The zero-order chi connectivity index (χ0) is 31.9. The van der Waals surface area contributed by atoms with Crippen molar-refractivity contribution in [1.29, 1.82) is 0 Å². The molecule has 228 valence electrons. The van der Waals surface area contributed by atoms with E-state index in [1.807, 2.05) is 0 Å². The van der Waals surface area contributed by atoms with Crippen LogP contribution in [0, 0.1) is 0 Å². The third kappa shape index (κ3) is 5.25. The molecule has 0 fully saturated rings. The fourth-order valence-electron chi connectivity index (χ4n) is 6.83. The quantitative estimate of drug-likeness (QED) is 0.182. The molecule has 2 nitrogen and oxygen atoms in total. The molecule has 0 saturated heterocycles. The van der Waals surface area contributed by atoms with Crippen LogP contribution in [-0.4, -0.2) is 0 Å². The molecular weight excluding hydrogens is 618 g/mol. The predicted molar refractivity (Wildman–Crippen MR) is 212 cm³/mol. The van der Waals surface area contributed by atoms with Crippen molar-refractivity contribution in [3.8, 4) is 0 Å². The van der Waals surface area contributed by atoms with E-state index in [9.17, 15) is 0 Å². The Morgan fingerprint density at radius 2 is 0.562 bits per heavy atom. The molecule has 2 N–H and O–H groups in total. The van der Waals surface area contributed by atoms with Crippen LogP contribution in [0.15, 0.2) is 182 Å². The van der Waals surface area contributed by atoms with Gasteiger partial charge in [-0.2, -0.15) is 0 Å². The first-order valence-electron chi connectivity index (χ1n) is 16.3. The van der Waals surface area contributed by atoms with E-state index in [-0.39, 0.29) is 0 Å². The highest BCUT2D eigenvalue weighted by Crippen LogP contribution is 2.44. The second kappa shape index (κ2) is 12.4. The molecule has 0 spiro atoms. The molecule has 0 aromatic heterocycles. The fraction of sp³-hybridized carbons (Fsp3) is 0. The van der Waals surface area contributed by atoms with Gasteiger partial charge in [0.2, 0.25) is 0 Å². The highest BCUT2D eigenvalue weighted by Gasteiger charge is 2.27. The zero-order valence-corrected chi connectivity index (χ0v) is 28.0. The molecule has 48 heavy (non-hydrogen) atoms. The molecule has 8 aromatic carbocycles. The number of rotatable bonds is 2. The maximum Gasteiger partial charge on any atom is 0.0469 e. The van der Waals surface area contributed by atoms with Gasteiger partial charge in [-0.1, -0.05) is 146 Å². The van der Waals surface area contributed by atoms with Crippen LogP contribution in [0.4, 0.5) is 22.7 Å². The summed E-state index contributed by atoms with van der Waals surface area (Å²) in [6.07, 6.45) is 0. The van der Waals surface area contributed by atoms with Gasteiger partial charge in [-0.05, 0) is 84.4 Å². The Labute approximate surface area is 283 Å². The van der Waals surface area contributed by atoms with E-state index < -0.39 is 15.8 Å². The second-order valence-electron chi connectivity index (χ2n) is 12.1. The van der Waals surface area contributed by atoms with E-state index in [1.165, 1.54) is 53.4 Å². The lowest BCUT2D eigenvalue weighted by Gasteiger charge is -2.30. The lowest BCUT2D eigenvalue weighted by molar-refractivity contribution is 1.58. The monoisotopic (exact) mass is 650 g/mol. The molecule has 0 saturated carbocycles. The minimum atomic E-state index is -0.938. The van der Waals surface area contributed by atoms with Crippen molar-refractivity contribution in [2.24, 2.45) is 0 Å². The van der Waals surface area contributed by atoms with Gasteiger partial charge in [0.05, 0.1) is 0 Å². The molecule has 1 heterocycles. The third-order valence-corrected chi connectivity index (χ3v) is 14.2. The van der Waals surface area contributed by atoms with E-state index >= 15 is 0 Å². The Hall–Kier alpha value is -5.26. The number of para-hydroxylation sites is 4. The van der Waals surface area contributed by atoms with Crippen molar-refractivity contribution in [3.63, 3.8) is 0 Å². The molecule has 1 aliphatic rings. The smallest absolute Gasteiger partial charge is 0.0469 e. The molecule has 0 atom stereocenters. The molecular formula is C44H32N2P2. The Kier molecular flexibility index (Phi) is 7.47. The van der Waals surface area contributed by atoms with Crippen molar-refractivity contribution >= 4 is 92.0 Å². The number of benzene rings is 8. The van der Waals surface area contributed by atoms with E-state index in [4.69, 9.17) is 0 Å². The van der Waals surface area contributed by atoms with Crippen LogP contribution in [0.25, 0.3) is 21.5 Å². The van der Waals surface area contributed by atoms with Crippen LogP contribution in [0.2, 0.25) is 0 Å². The summed E-state index contributed by atoms with van der Waals surface area (Å²) in [6.45, 7) is 0. The lowest BCUT2D eigenvalue weighted by atomic mass is 10.1. The molecule has 8 aromatic rings. The lowest BCUT2D eigenvalue weighted by Crippen LogP contribution is -2.28. The molecule has 0 bridgehead atoms. The molecule has 1 aliphatic heterocycles. The van der Waals surface area contributed by atoms with Gasteiger partial charge >= 0.3 is 0 Å². The highest BCUT2D eigenvalue weighted by atomic mass is 31.1. The normalized spacial score (nSPS) is 15.4. The van der Waals surface area contributed by atoms with Crippen molar-refractivity contribution in [2.45, 2.75) is 0 Å². The van der Waals surface area contributed by atoms with E-state index in [0.29, 0.717) is 0 Å². The van der Waals surface area contributed by atoms with Crippen LogP contribution in [0.1, 0.15) is 0 Å². The van der Waals surface area contributed by atoms with Gasteiger partial charge in [0.1, 0.15) is 0 Å². The number of hydrogen-bond donors (Lipinski definition) is 2. The first-order chi connectivity index (χ1) is 23.8. The van der Waals surface area contributed by atoms with Crippen molar-refractivity contribution in [2.75, 3.05) is 10.6 Å². The maximum absolute atomic E-state index is 4.01. The first-order valence-corrected chi connectivity index (χ1v) is 19.0. The first kappa shape index (κ1) is 28.9. The molecule has 0 amide bonds. The maximum atomic E-state index is 4.01. The minimum Gasteiger partial charge on any atom is -0.354 e. The van der Waals surface area contributed by atoms with Gasteiger partial charge in [-0.25, -0.2) is 0 Å². The summed E-state index contributed by atoms with van der Waals surface area (Å²) in [5.74, 6) is 0. The largest absolute Gasteiger partial charge is 0.354 e. The number of anilines is 4. The molecule has 0 unspecified atom stereocenters. The summed E-state index contributed by atoms with van der Waals surface area (Å²) >= 11 is 0. The zero-order valence-electron chi connectivity index (χ0n) is 26.2. The van der Waals surface area contributed by atoms with Gasteiger partial charge in [0.15, 0.2) is 0 Å². The summed E-state index contributed by atoms with van der Waals surface area (Å²) in [7, 11) is -1.88. The van der Waals surface area contributed by atoms with Crippen LogP contribution < -0.4 is 42.5 Å². The van der Waals surface area contributed by atoms with E-state index in [1.54, 1.807) is 0 Å². The van der Waals surface area contributed by atoms with Gasteiger partial charge in [-0.15, -0.1) is 0 Å². The van der Waals surface area contributed by atoms with Crippen molar-refractivity contribution in [1.82, 2.24) is 0 Å². The summed E-state index contributed by atoms with van der Waals surface area (Å²) in [6, 6.07) is 66.9. The van der Waals surface area contributed by atoms with Crippen molar-refractivity contribution < 1.29 is 0 Å². The Morgan fingerprint density at radius 1 is 0.271 bits per heavy atom. The second-order valence-corrected chi connectivity index (χ2v) is 16.4. The fourth-order valence-corrected chi connectivity index (χ4v) is 11.9. The minimum absolute atomic E-state index is 0.938. The SMILES string of the molecule is c1ccc2c(c1)Nc1ccccc1P(c1ccc3ccccc3c1)c1ccccc1Nc1ccccc1P2c1ccc2ccccc2c1. The molecule has 4 heteroatoms. The molecule has 0 aliphatic carbocycles. The van der Waals surface area contributed by atoms with Crippen LogP contribution in [0.5, 0.6) is 0 Å². The molecule has 9 rings (SSSR count). The summed E-state index contributed by atoms with van der Waals surface area (Å²) in [5, 5.41) is 20.9. The van der Waals surface area contributed by atoms with Gasteiger partial charge in [0, 0.05) is 44.0 Å². The third-order valence-electron chi connectivity index (χ3n) is 9.10. The topological polar surface area (TPSA) is 24.1 Å². The van der Waals surface area contributed by atoms with E-state index in [2.05, 4.69) is 193 Å². The van der Waals surface area contributed by atoms with Gasteiger partial charge in [0.25, 0.3) is 0 Å². The number of hydrogen-bond acceptors (Lipinski definition) is 2. The standard InChI is InChI=1S/C44H32N2P2/c1-3-15-33-29-35(27-25-31(33)13-1)47-41-21-9-5-17-37(41)45-39-19-7-11-23-43(39)48(36-28-26-32-14-2-4-16-34(32)30-36)44-24-12-8-20-40(44)46-38-18-6-10-22-42(38)47/h1-30,45-46H. The van der Waals surface area contributed by atoms with Crippen LogP contribution >= 0.6 is 15.8 Å². The Balaban J connectivity index is 1.32. The molecule has 0 radical (unpaired) electrons.